The highest BCUT2D eigenvalue weighted by Gasteiger charge is 2.31. The van der Waals surface area contributed by atoms with Crippen LogP contribution >= 0.6 is 11.3 Å². The molecule has 0 radical (unpaired) electrons. The Kier molecular flexibility index (Phi) is 5.06. The molecule has 2 aromatic heterocycles. The van der Waals surface area contributed by atoms with Gasteiger partial charge in [-0.25, -0.2) is 4.57 Å². The molecule has 0 unspecified atom stereocenters. The highest BCUT2D eigenvalue weighted by Crippen LogP contribution is 2.38. The number of thiophene rings is 1. The number of benzene rings is 3. The number of fused-ring (bicyclic) bond motifs is 2. The second kappa shape index (κ2) is 8.11. The van der Waals surface area contributed by atoms with Gasteiger partial charge in [-0.2, -0.15) is 8.96 Å². The van der Waals surface area contributed by atoms with Crippen molar-refractivity contribution in [2.24, 2.45) is 7.05 Å². The number of para-hydroxylation sites is 3. The van der Waals surface area contributed by atoms with Crippen LogP contribution in [0.3, 0.4) is 0 Å². The molecule has 0 saturated carbocycles. The summed E-state index contributed by atoms with van der Waals surface area (Å²) in [5.74, 6) is 1.78. The molecule has 0 aliphatic rings. The molecule has 5 rings (SSSR count). The maximum absolute atomic E-state index is 14.3. The van der Waals surface area contributed by atoms with Crippen LogP contribution in [0.2, 0.25) is 0 Å². The van der Waals surface area contributed by atoms with Crippen LogP contribution in [0.15, 0.2) is 60.6 Å². The summed E-state index contributed by atoms with van der Waals surface area (Å²) in [5.41, 5.74) is 8.23. The standard InChI is InChI=1S/C29H30FN2S/c1-17(2)21-10-9-11-22(18(3)4)28(21)32-25-13-8-7-12-24(25)31(6)29(32)23-16-26-20(14-19(23)5)15-27(30)33-26/h7-18H,1-6H3/q+1/i15D. The third-order valence-corrected chi connectivity index (χ3v) is 7.42. The van der Waals surface area contributed by atoms with Crippen molar-refractivity contribution in [3.05, 3.63) is 82.5 Å². The molecule has 3 aromatic carbocycles. The Balaban J connectivity index is 1.96. The first-order valence-electron chi connectivity index (χ1n) is 12.0. The van der Waals surface area contributed by atoms with Gasteiger partial charge in [-0.15, -0.1) is 11.3 Å². The lowest BCUT2D eigenvalue weighted by Crippen LogP contribution is -2.30. The number of rotatable bonds is 4. The largest absolute Gasteiger partial charge is 0.295 e. The molecule has 2 heterocycles. The van der Waals surface area contributed by atoms with Crippen molar-refractivity contribution in [3.63, 3.8) is 0 Å². The lowest BCUT2D eigenvalue weighted by molar-refractivity contribution is -0.633. The van der Waals surface area contributed by atoms with Crippen LogP contribution in [0.4, 0.5) is 4.39 Å². The van der Waals surface area contributed by atoms with E-state index in [1.54, 1.807) is 0 Å². The first kappa shape index (κ1) is 20.6. The molecule has 5 aromatic rings. The smallest absolute Gasteiger partial charge is 0.225 e. The van der Waals surface area contributed by atoms with Gasteiger partial charge in [0.05, 0.1) is 14.0 Å². The SMILES string of the molecule is [2H]c1c(F)sc2cc(-c3n(-c4c(C(C)C)cccc4C(C)C)c4ccccc4[n+]3C)c(C)cc12. The normalized spacial score (nSPS) is 12.5. The maximum Gasteiger partial charge on any atom is 0.295 e. The molecule has 0 spiro atoms. The van der Waals surface area contributed by atoms with Crippen LogP contribution in [0, 0.1) is 12.1 Å². The van der Waals surface area contributed by atoms with Gasteiger partial charge < -0.3 is 0 Å². The van der Waals surface area contributed by atoms with E-state index in [1.165, 1.54) is 16.8 Å². The third kappa shape index (κ3) is 3.48. The number of nitrogens with zero attached hydrogens (tertiary/aromatic N) is 2. The van der Waals surface area contributed by atoms with E-state index in [1.807, 2.05) is 6.07 Å². The Morgan fingerprint density at radius 2 is 1.64 bits per heavy atom. The molecule has 168 valence electrons. The minimum absolute atomic E-state index is 0.00758. The molecule has 0 aliphatic carbocycles. The molecule has 0 aliphatic heterocycles. The van der Waals surface area contributed by atoms with Crippen molar-refractivity contribution in [1.82, 2.24) is 4.57 Å². The van der Waals surface area contributed by atoms with Gasteiger partial charge in [0.25, 0.3) is 5.82 Å². The number of hydrogen-bond donors (Lipinski definition) is 0. The van der Waals surface area contributed by atoms with E-state index < -0.39 is 5.13 Å². The van der Waals surface area contributed by atoms with Gasteiger partial charge in [-0.3, -0.25) is 0 Å². The Morgan fingerprint density at radius 1 is 0.970 bits per heavy atom. The minimum atomic E-state index is -0.427. The zero-order valence-corrected chi connectivity index (χ0v) is 20.8. The monoisotopic (exact) mass is 458 g/mol. The Labute approximate surface area is 200 Å². The van der Waals surface area contributed by atoms with E-state index in [9.17, 15) is 4.39 Å². The lowest BCUT2D eigenvalue weighted by atomic mass is 9.92. The van der Waals surface area contributed by atoms with Crippen molar-refractivity contribution in [2.45, 2.75) is 46.5 Å². The summed E-state index contributed by atoms with van der Waals surface area (Å²) in [4.78, 5) is 0. The highest BCUT2D eigenvalue weighted by molar-refractivity contribution is 7.17. The number of hydrogen-bond acceptors (Lipinski definition) is 1. The van der Waals surface area contributed by atoms with Crippen molar-refractivity contribution in [2.75, 3.05) is 0 Å². The van der Waals surface area contributed by atoms with Crippen molar-refractivity contribution in [3.8, 4) is 17.1 Å². The number of aryl methyl sites for hydroxylation is 2. The molecule has 0 amide bonds. The van der Waals surface area contributed by atoms with Crippen molar-refractivity contribution < 1.29 is 10.3 Å². The van der Waals surface area contributed by atoms with E-state index in [-0.39, 0.29) is 6.04 Å². The quantitative estimate of drug-likeness (QED) is 0.241. The van der Waals surface area contributed by atoms with Crippen molar-refractivity contribution in [1.29, 1.82) is 0 Å². The fourth-order valence-electron chi connectivity index (χ4n) is 4.95. The van der Waals surface area contributed by atoms with Crippen LogP contribution in [-0.2, 0) is 7.05 Å². The van der Waals surface area contributed by atoms with Gasteiger partial charge in [0.15, 0.2) is 16.2 Å². The third-order valence-electron chi connectivity index (χ3n) is 6.58. The lowest BCUT2D eigenvalue weighted by Gasteiger charge is -2.18. The summed E-state index contributed by atoms with van der Waals surface area (Å²) >= 11 is 1.05. The first-order chi connectivity index (χ1) is 16.2. The molecule has 2 nitrogen and oxygen atoms in total. The summed E-state index contributed by atoms with van der Waals surface area (Å²) in [5, 5.41) is 0.253. The van der Waals surface area contributed by atoms with Gasteiger partial charge in [-0.1, -0.05) is 58.0 Å². The number of aromatic nitrogens is 2. The molecule has 4 heteroatoms. The molecule has 0 bridgehead atoms. The van der Waals surface area contributed by atoms with E-state index in [2.05, 4.69) is 99.3 Å². The summed E-state index contributed by atoms with van der Waals surface area (Å²) in [6.45, 7) is 11.0. The Hall–Kier alpha value is -2.98. The predicted molar refractivity (Wildman–Crippen MR) is 138 cm³/mol. The maximum atomic E-state index is 14.3. The molecule has 0 atom stereocenters. The molecule has 33 heavy (non-hydrogen) atoms. The van der Waals surface area contributed by atoms with Crippen LogP contribution in [-0.4, -0.2) is 4.57 Å². The zero-order chi connectivity index (χ0) is 24.3. The second-order valence-electron chi connectivity index (χ2n) is 9.47. The summed E-state index contributed by atoms with van der Waals surface area (Å²) in [7, 11) is 2.11. The zero-order valence-electron chi connectivity index (χ0n) is 21.0. The molecular weight excluding hydrogens is 427 g/mol. The highest BCUT2D eigenvalue weighted by atomic mass is 32.1. The minimum Gasteiger partial charge on any atom is -0.225 e. The summed E-state index contributed by atoms with van der Waals surface area (Å²) < 4.78 is 27.9. The van der Waals surface area contributed by atoms with E-state index in [0.29, 0.717) is 17.2 Å². The fourth-order valence-corrected chi connectivity index (χ4v) is 5.70. The molecule has 0 saturated heterocycles. The number of imidazole rings is 1. The summed E-state index contributed by atoms with van der Waals surface area (Å²) in [6.07, 6.45) is 0. The Morgan fingerprint density at radius 3 is 2.30 bits per heavy atom. The van der Waals surface area contributed by atoms with E-state index >= 15 is 0 Å². The summed E-state index contributed by atoms with van der Waals surface area (Å²) in [6, 6.07) is 19.2. The first-order valence-corrected chi connectivity index (χ1v) is 12.3. The van der Waals surface area contributed by atoms with Crippen molar-refractivity contribution >= 4 is 32.5 Å². The topological polar surface area (TPSA) is 8.81 Å². The van der Waals surface area contributed by atoms with Crippen LogP contribution in [0.5, 0.6) is 0 Å². The predicted octanol–water partition coefficient (Wildman–Crippen LogP) is 8.03. The fraction of sp³-hybridized carbons (Fsp3) is 0.276. The average Bonchev–Trinajstić information content (AvgIpc) is 3.25. The van der Waals surface area contributed by atoms with Gasteiger partial charge in [0.1, 0.15) is 5.69 Å². The van der Waals surface area contributed by atoms with E-state index in [0.717, 1.165) is 44.0 Å². The molecule has 0 fully saturated rings. The molecule has 0 N–H and O–H groups in total. The average molecular weight is 459 g/mol. The van der Waals surface area contributed by atoms with Gasteiger partial charge in [0.2, 0.25) is 0 Å². The second-order valence-corrected chi connectivity index (χ2v) is 10.5. The van der Waals surface area contributed by atoms with Crippen LogP contribution < -0.4 is 4.57 Å². The van der Waals surface area contributed by atoms with Gasteiger partial charge >= 0.3 is 0 Å². The van der Waals surface area contributed by atoms with Crippen LogP contribution in [0.1, 0.15) is 57.6 Å². The molecular formula is C29H30FN2S+. The van der Waals surface area contributed by atoms with Gasteiger partial charge in [-0.05, 0) is 60.0 Å². The van der Waals surface area contributed by atoms with E-state index in [4.69, 9.17) is 1.37 Å². The van der Waals surface area contributed by atoms with Crippen LogP contribution in [0.25, 0.3) is 38.2 Å². The Bertz CT molecular complexity index is 1530. The number of halogens is 1. The van der Waals surface area contributed by atoms with Gasteiger partial charge in [0, 0.05) is 15.8 Å².